The van der Waals surface area contributed by atoms with Crippen LogP contribution >= 0.6 is 23.1 Å². The van der Waals surface area contributed by atoms with Crippen molar-refractivity contribution in [2.75, 3.05) is 5.75 Å². The van der Waals surface area contributed by atoms with Crippen LogP contribution in [0, 0.1) is 6.92 Å². The Labute approximate surface area is 128 Å². The van der Waals surface area contributed by atoms with E-state index in [1.54, 1.807) is 23.7 Å². The fourth-order valence-corrected chi connectivity index (χ4v) is 3.26. The lowest BCUT2D eigenvalue weighted by Crippen LogP contribution is -2.05. The summed E-state index contributed by atoms with van der Waals surface area (Å²) in [6.07, 6.45) is 3.54. The van der Waals surface area contributed by atoms with Crippen molar-refractivity contribution in [1.29, 1.82) is 0 Å². The lowest BCUT2D eigenvalue weighted by atomic mass is 10.3. The van der Waals surface area contributed by atoms with E-state index in [0.717, 1.165) is 21.7 Å². The van der Waals surface area contributed by atoms with E-state index in [1.807, 2.05) is 22.9 Å². The Morgan fingerprint density at radius 2 is 2.33 bits per heavy atom. The number of pyridine rings is 1. The van der Waals surface area contributed by atoms with Crippen LogP contribution in [0.25, 0.3) is 11.2 Å². The number of thiazole rings is 1. The molecule has 0 radical (unpaired) electrons. The number of hydrogen-bond acceptors (Lipinski definition) is 6. The molecule has 3 aromatic heterocycles. The molecule has 21 heavy (non-hydrogen) atoms. The fraction of sp³-hybridized carbons (Fsp3) is 0.231. The SMILES string of the molecule is Cc1cnc2c(c1)nc(SCC(=O)O)n2Cc1nccs1. The third-order valence-electron chi connectivity index (χ3n) is 2.79. The predicted octanol–water partition coefficient (Wildman–Crippen LogP) is 2.42. The van der Waals surface area contributed by atoms with Crippen molar-refractivity contribution >= 4 is 40.2 Å². The Kier molecular flexibility index (Phi) is 3.89. The van der Waals surface area contributed by atoms with Crippen molar-refractivity contribution in [2.45, 2.75) is 18.6 Å². The van der Waals surface area contributed by atoms with E-state index in [9.17, 15) is 4.79 Å². The monoisotopic (exact) mass is 320 g/mol. The van der Waals surface area contributed by atoms with E-state index >= 15 is 0 Å². The Balaban J connectivity index is 2.03. The molecule has 0 aliphatic rings. The van der Waals surface area contributed by atoms with Crippen molar-refractivity contribution < 1.29 is 9.90 Å². The zero-order chi connectivity index (χ0) is 14.8. The molecule has 0 aliphatic carbocycles. The third kappa shape index (κ3) is 3.06. The maximum absolute atomic E-state index is 10.8. The minimum atomic E-state index is -0.864. The molecule has 3 rings (SSSR count). The van der Waals surface area contributed by atoms with Gasteiger partial charge in [0.2, 0.25) is 0 Å². The van der Waals surface area contributed by atoms with Crippen LogP contribution in [0.5, 0.6) is 0 Å². The number of fused-ring (bicyclic) bond motifs is 1. The summed E-state index contributed by atoms with van der Waals surface area (Å²) in [5.74, 6) is -0.892. The summed E-state index contributed by atoms with van der Waals surface area (Å²) in [5, 5.41) is 12.4. The second-order valence-electron chi connectivity index (χ2n) is 4.44. The van der Waals surface area contributed by atoms with Crippen LogP contribution in [0.4, 0.5) is 0 Å². The average molecular weight is 320 g/mol. The third-order valence-corrected chi connectivity index (χ3v) is 4.51. The number of thioether (sulfide) groups is 1. The highest BCUT2D eigenvalue weighted by atomic mass is 32.2. The minimum absolute atomic E-state index is 0.0276. The smallest absolute Gasteiger partial charge is 0.313 e. The zero-order valence-corrected chi connectivity index (χ0v) is 12.8. The molecule has 0 saturated carbocycles. The van der Waals surface area contributed by atoms with Gasteiger partial charge in [-0.25, -0.2) is 15.0 Å². The topological polar surface area (TPSA) is 80.9 Å². The van der Waals surface area contributed by atoms with Crippen LogP contribution < -0.4 is 0 Å². The first-order valence-corrected chi connectivity index (χ1v) is 8.06. The summed E-state index contributed by atoms with van der Waals surface area (Å²) in [6.45, 7) is 2.50. The molecule has 0 unspecified atom stereocenters. The van der Waals surface area contributed by atoms with Gasteiger partial charge in [-0.3, -0.25) is 9.36 Å². The van der Waals surface area contributed by atoms with E-state index in [2.05, 4.69) is 15.0 Å². The average Bonchev–Trinajstić information content (AvgIpc) is 3.05. The van der Waals surface area contributed by atoms with Gasteiger partial charge in [0.15, 0.2) is 10.8 Å². The number of nitrogens with zero attached hydrogens (tertiary/aromatic N) is 4. The highest BCUT2D eigenvalue weighted by Crippen LogP contribution is 2.25. The van der Waals surface area contributed by atoms with Gasteiger partial charge in [0, 0.05) is 17.8 Å². The molecule has 0 spiro atoms. The first-order chi connectivity index (χ1) is 10.1. The quantitative estimate of drug-likeness (QED) is 0.727. The van der Waals surface area contributed by atoms with Gasteiger partial charge in [-0.15, -0.1) is 11.3 Å². The van der Waals surface area contributed by atoms with Gasteiger partial charge in [-0.1, -0.05) is 11.8 Å². The summed E-state index contributed by atoms with van der Waals surface area (Å²) in [6, 6.07) is 1.95. The van der Waals surface area contributed by atoms with Gasteiger partial charge in [-0.05, 0) is 18.6 Å². The normalized spacial score (nSPS) is 11.1. The van der Waals surface area contributed by atoms with Crippen LogP contribution in [0.3, 0.4) is 0 Å². The molecule has 108 valence electrons. The van der Waals surface area contributed by atoms with Crippen LogP contribution in [0.2, 0.25) is 0 Å². The van der Waals surface area contributed by atoms with E-state index in [0.29, 0.717) is 11.7 Å². The van der Waals surface area contributed by atoms with Crippen molar-refractivity contribution in [3.8, 4) is 0 Å². The second kappa shape index (κ2) is 5.82. The minimum Gasteiger partial charge on any atom is -0.481 e. The molecule has 0 bridgehead atoms. The molecule has 3 heterocycles. The number of carboxylic acid groups (broad SMARTS) is 1. The Morgan fingerprint density at radius 3 is 3.05 bits per heavy atom. The summed E-state index contributed by atoms with van der Waals surface area (Å²) in [5.41, 5.74) is 2.55. The largest absolute Gasteiger partial charge is 0.481 e. The first-order valence-electron chi connectivity index (χ1n) is 6.19. The fourth-order valence-electron chi connectivity index (χ4n) is 1.94. The molecule has 6 nitrogen and oxygen atoms in total. The molecular formula is C13H12N4O2S2. The van der Waals surface area contributed by atoms with Crippen molar-refractivity contribution in [3.05, 3.63) is 34.4 Å². The van der Waals surface area contributed by atoms with Gasteiger partial charge < -0.3 is 5.11 Å². The molecule has 0 fully saturated rings. The molecule has 0 saturated heterocycles. The number of imidazole rings is 1. The standard InChI is InChI=1S/C13H12N4O2S2/c1-8-4-9-12(15-5-8)17(6-10-14-2-3-20-10)13(16-9)21-7-11(18)19/h2-5H,6-7H2,1H3,(H,18,19). The van der Waals surface area contributed by atoms with Gasteiger partial charge in [0.25, 0.3) is 0 Å². The molecule has 0 atom stereocenters. The number of hydrogen-bond donors (Lipinski definition) is 1. The maximum Gasteiger partial charge on any atom is 0.313 e. The second-order valence-corrected chi connectivity index (χ2v) is 6.37. The molecule has 8 heteroatoms. The van der Waals surface area contributed by atoms with E-state index in [1.165, 1.54) is 11.8 Å². The zero-order valence-electron chi connectivity index (χ0n) is 11.2. The number of carboxylic acids is 1. The lowest BCUT2D eigenvalue weighted by molar-refractivity contribution is -0.133. The lowest BCUT2D eigenvalue weighted by Gasteiger charge is -2.05. The molecule has 0 aliphatic heterocycles. The van der Waals surface area contributed by atoms with Crippen molar-refractivity contribution in [2.24, 2.45) is 0 Å². The number of aliphatic carboxylic acids is 1. The number of aromatic nitrogens is 4. The number of aryl methyl sites for hydroxylation is 1. The van der Waals surface area contributed by atoms with Crippen LogP contribution in [-0.4, -0.2) is 36.3 Å². The molecule has 3 aromatic rings. The summed E-state index contributed by atoms with van der Waals surface area (Å²) in [4.78, 5) is 24.0. The maximum atomic E-state index is 10.8. The van der Waals surface area contributed by atoms with Crippen LogP contribution in [0.1, 0.15) is 10.6 Å². The summed E-state index contributed by atoms with van der Waals surface area (Å²) < 4.78 is 1.92. The van der Waals surface area contributed by atoms with Crippen LogP contribution in [0.15, 0.2) is 29.0 Å². The van der Waals surface area contributed by atoms with Crippen molar-refractivity contribution in [1.82, 2.24) is 19.5 Å². The van der Waals surface area contributed by atoms with Gasteiger partial charge in [0.1, 0.15) is 10.5 Å². The molecule has 0 amide bonds. The van der Waals surface area contributed by atoms with Crippen LogP contribution in [-0.2, 0) is 11.3 Å². The highest BCUT2D eigenvalue weighted by Gasteiger charge is 2.15. The van der Waals surface area contributed by atoms with Gasteiger partial charge in [0.05, 0.1) is 12.3 Å². The van der Waals surface area contributed by atoms with E-state index in [4.69, 9.17) is 5.11 Å². The highest BCUT2D eigenvalue weighted by molar-refractivity contribution is 7.99. The van der Waals surface area contributed by atoms with Gasteiger partial charge >= 0.3 is 5.97 Å². The molecule has 1 N–H and O–H groups in total. The molecule has 0 aromatic carbocycles. The predicted molar refractivity (Wildman–Crippen MR) is 81.8 cm³/mol. The van der Waals surface area contributed by atoms with E-state index < -0.39 is 5.97 Å². The Morgan fingerprint density at radius 1 is 1.48 bits per heavy atom. The summed E-state index contributed by atoms with van der Waals surface area (Å²) >= 11 is 2.75. The number of carbonyl (C=O) groups is 1. The van der Waals surface area contributed by atoms with Gasteiger partial charge in [-0.2, -0.15) is 0 Å². The molecular weight excluding hydrogens is 308 g/mol. The summed E-state index contributed by atoms with van der Waals surface area (Å²) in [7, 11) is 0. The Bertz CT molecular complexity index is 783. The van der Waals surface area contributed by atoms with E-state index in [-0.39, 0.29) is 5.75 Å². The Hall–Kier alpha value is -1.93. The first kappa shape index (κ1) is 14.0. The van der Waals surface area contributed by atoms with Crippen molar-refractivity contribution in [3.63, 3.8) is 0 Å². The number of rotatable bonds is 5.